The summed E-state index contributed by atoms with van der Waals surface area (Å²) in [4.78, 5) is 11.7. The van der Waals surface area contributed by atoms with Crippen LogP contribution in [0.25, 0.3) is 22.2 Å². The molecule has 1 saturated heterocycles. The number of nitrogens with one attached hydrogen (secondary N) is 2. The summed E-state index contributed by atoms with van der Waals surface area (Å²) in [7, 11) is 0. The molecule has 7 nitrogen and oxygen atoms in total. The molecule has 36 heavy (non-hydrogen) atoms. The van der Waals surface area contributed by atoms with Gasteiger partial charge in [0.15, 0.2) is 0 Å². The molecule has 9 heteroatoms. The van der Waals surface area contributed by atoms with E-state index in [-0.39, 0.29) is 18.6 Å². The zero-order valence-electron chi connectivity index (χ0n) is 20.8. The third-order valence-electron chi connectivity index (χ3n) is 7.42. The van der Waals surface area contributed by atoms with Gasteiger partial charge in [-0.05, 0) is 43.7 Å². The number of benzene rings is 1. The van der Waals surface area contributed by atoms with Crippen molar-refractivity contribution in [3.8, 4) is 11.1 Å². The minimum absolute atomic E-state index is 0.234. The van der Waals surface area contributed by atoms with E-state index in [0.29, 0.717) is 5.95 Å². The molecule has 3 aromatic rings. The van der Waals surface area contributed by atoms with E-state index < -0.39 is 12.5 Å². The summed E-state index contributed by atoms with van der Waals surface area (Å²) < 4.78 is 27.8. The summed E-state index contributed by atoms with van der Waals surface area (Å²) in [6.07, 6.45) is 4.36. The van der Waals surface area contributed by atoms with Crippen LogP contribution in [0, 0.1) is 0 Å². The highest BCUT2D eigenvalue weighted by atomic mass is 19.3. The maximum absolute atomic E-state index is 12.8. The third-order valence-corrected chi connectivity index (χ3v) is 7.42. The Kier molecular flexibility index (Phi) is 7.79. The van der Waals surface area contributed by atoms with Crippen molar-refractivity contribution in [3.05, 3.63) is 42.2 Å². The fourth-order valence-electron chi connectivity index (χ4n) is 5.41. The van der Waals surface area contributed by atoms with Gasteiger partial charge in [0, 0.05) is 74.6 Å². The average Bonchev–Trinajstić information content (AvgIpc) is 3.24. The molecular weight excluding hydrogens is 462 g/mol. The number of aliphatic hydroxyl groups excluding tert-OH is 1. The maximum atomic E-state index is 12.8. The van der Waals surface area contributed by atoms with Crippen molar-refractivity contribution in [2.45, 2.75) is 70.2 Å². The molecule has 0 amide bonds. The Morgan fingerprint density at radius 3 is 2.53 bits per heavy atom. The number of aliphatic hydroxyl groups is 1. The number of alkyl halides is 2. The Bertz CT molecular complexity index is 1140. The summed E-state index contributed by atoms with van der Waals surface area (Å²) >= 11 is 0. The second kappa shape index (κ2) is 11.2. The lowest BCUT2D eigenvalue weighted by atomic mass is 9.93. The van der Waals surface area contributed by atoms with Crippen molar-refractivity contribution < 1.29 is 13.9 Å². The molecule has 3 heterocycles. The normalized spacial score (nSPS) is 22.2. The number of hydrogen-bond donors (Lipinski definition) is 3. The van der Waals surface area contributed by atoms with Gasteiger partial charge in [-0.1, -0.05) is 24.3 Å². The first-order valence-corrected chi connectivity index (χ1v) is 13.1. The van der Waals surface area contributed by atoms with Crippen LogP contribution in [0.2, 0.25) is 0 Å². The van der Waals surface area contributed by atoms with E-state index in [2.05, 4.69) is 55.5 Å². The smallest absolute Gasteiger partial charge is 0.240 e. The molecule has 1 aliphatic carbocycles. The third kappa shape index (κ3) is 5.85. The summed E-state index contributed by atoms with van der Waals surface area (Å²) in [6.45, 7) is 6.86. The van der Waals surface area contributed by atoms with Crippen molar-refractivity contribution in [2.24, 2.45) is 0 Å². The Morgan fingerprint density at radius 2 is 1.83 bits per heavy atom. The Hall–Kier alpha value is -2.62. The molecule has 194 valence electrons. The lowest BCUT2D eigenvalue weighted by Crippen LogP contribution is -2.42. The number of halogens is 2. The largest absolute Gasteiger partial charge is 0.393 e. The summed E-state index contributed by atoms with van der Waals surface area (Å²) in [5.41, 5.74) is 4.27. The maximum Gasteiger partial charge on any atom is 0.240 e. The van der Waals surface area contributed by atoms with Crippen LogP contribution in [0.1, 0.15) is 50.6 Å². The molecule has 0 radical (unpaired) electrons. The lowest BCUT2D eigenvalue weighted by Gasteiger charge is -2.27. The number of nitrogens with zero attached hydrogens (tertiary/aromatic N) is 4. The predicted molar refractivity (Wildman–Crippen MR) is 138 cm³/mol. The second-order valence-electron chi connectivity index (χ2n) is 10.2. The monoisotopic (exact) mass is 498 g/mol. The molecule has 3 N–H and O–H groups in total. The van der Waals surface area contributed by atoms with E-state index in [1.165, 1.54) is 5.56 Å². The van der Waals surface area contributed by atoms with E-state index in [1.54, 1.807) is 13.1 Å². The van der Waals surface area contributed by atoms with Gasteiger partial charge in [0.05, 0.1) is 6.10 Å². The molecule has 1 aromatic carbocycles. The Labute approximate surface area is 210 Å². The van der Waals surface area contributed by atoms with Crippen LogP contribution in [0.3, 0.4) is 0 Å². The van der Waals surface area contributed by atoms with Crippen molar-refractivity contribution in [1.82, 2.24) is 24.8 Å². The first-order chi connectivity index (χ1) is 17.5. The van der Waals surface area contributed by atoms with E-state index >= 15 is 0 Å². The topological polar surface area (TPSA) is 78.2 Å². The van der Waals surface area contributed by atoms with E-state index in [0.717, 1.165) is 80.6 Å². The molecule has 2 fully saturated rings. The highest BCUT2D eigenvalue weighted by Crippen LogP contribution is 2.37. The summed E-state index contributed by atoms with van der Waals surface area (Å²) in [6, 6.07) is 8.52. The van der Waals surface area contributed by atoms with Gasteiger partial charge in [-0.2, -0.15) is 4.98 Å². The fourth-order valence-corrected chi connectivity index (χ4v) is 5.41. The molecule has 0 spiro atoms. The molecule has 1 atom stereocenters. The van der Waals surface area contributed by atoms with Crippen LogP contribution >= 0.6 is 0 Å². The molecule has 1 aliphatic heterocycles. The number of piperazine rings is 1. The van der Waals surface area contributed by atoms with Crippen molar-refractivity contribution in [3.63, 3.8) is 0 Å². The standard InChI is InChI=1S/C27H36F2N6O/c1-18(14-25(28)29)32-27-31-15-23-24(17-35(26(23)33-27)21-6-8-22(36)9-7-21)20-4-2-19(3-5-20)16-34-12-10-30-11-13-34/h2-5,15,17-18,21-22,25,30,36H,6-14,16H2,1H3,(H,31,32,33)/t18-,21?,22?/m0/s1. The van der Waals surface area contributed by atoms with Crippen LogP contribution in [0.4, 0.5) is 14.7 Å². The lowest BCUT2D eigenvalue weighted by molar-refractivity contribution is 0.111. The molecule has 2 aliphatic rings. The highest BCUT2D eigenvalue weighted by Gasteiger charge is 2.24. The van der Waals surface area contributed by atoms with Crippen LogP contribution in [0.15, 0.2) is 36.7 Å². The first kappa shape index (κ1) is 25.0. The van der Waals surface area contributed by atoms with E-state index in [1.807, 2.05) is 0 Å². The number of aromatic nitrogens is 3. The van der Waals surface area contributed by atoms with Gasteiger partial charge in [0.25, 0.3) is 0 Å². The number of rotatable bonds is 8. The van der Waals surface area contributed by atoms with Crippen molar-refractivity contribution in [2.75, 3.05) is 31.5 Å². The predicted octanol–water partition coefficient (Wildman–Crippen LogP) is 4.44. The van der Waals surface area contributed by atoms with Crippen LogP contribution < -0.4 is 10.6 Å². The van der Waals surface area contributed by atoms with E-state index in [9.17, 15) is 13.9 Å². The van der Waals surface area contributed by atoms with Gasteiger partial charge in [-0.3, -0.25) is 4.90 Å². The summed E-state index contributed by atoms with van der Waals surface area (Å²) in [5.74, 6) is 0.365. The van der Waals surface area contributed by atoms with Gasteiger partial charge in [0.1, 0.15) is 5.65 Å². The zero-order valence-corrected chi connectivity index (χ0v) is 20.8. The molecule has 5 rings (SSSR count). The molecular formula is C27H36F2N6O. The van der Waals surface area contributed by atoms with Crippen LogP contribution in [0.5, 0.6) is 0 Å². The quantitative estimate of drug-likeness (QED) is 0.426. The van der Waals surface area contributed by atoms with Gasteiger partial charge in [-0.15, -0.1) is 0 Å². The fraction of sp³-hybridized carbons (Fsp3) is 0.556. The molecule has 2 aromatic heterocycles. The van der Waals surface area contributed by atoms with Crippen LogP contribution in [-0.2, 0) is 6.54 Å². The molecule has 0 bridgehead atoms. The summed E-state index contributed by atoms with van der Waals surface area (Å²) in [5, 5.41) is 17.4. The number of hydrogen-bond acceptors (Lipinski definition) is 6. The van der Waals surface area contributed by atoms with Crippen LogP contribution in [-0.4, -0.2) is 69.3 Å². The Balaban J connectivity index is 1.44. The van der Waals surface area contributed by atoms with Crippen molar-refractivity contribution >= 4 is 17.0 Å². The zero-order chi connectivity index (χ0) is 25.1. The highest BCUT2D eigenvalue weighted by molar-refractivity contribution is 5.94. The minimum Gasteiger partial charge on any atom is -0.393 e. The number of anilines is 1. The SMILES string of the molecule is C[C@@H](CC(F)F)Nc1ncc2c(-c3ccc(CN4CCNCC4)cc3)cn(C3CCC(O)CC3)c2n1. The first-order valence-electron chi connectivity index (χ1n) is 13.1. The molecule has 1 saturated carbocycles. The van der Waals surface area contributed by atoms with Gasteiger partial charge < -0.3 is 20.3 Å². The average molecular weight is 499 g/mol. The Morgan fingerprint density at radius 1 is 1.11 bits per heavy atom. The van der Waals surface area contributed by atoms with Gasteiger partial charge >= 0.3 is 0 Å². The van der Waals surface area contributed by atoms with E-state index in [4.69, 9.17) is 4.98 Å². The second-order valence-corrected chi connectivity index (χ2v) is 10.2. The van der Waals surface area contributed by atoms with Gasteiger partial charge in [-0.25, -0.2) is 13.8 Å². The molecule has 0 unspecified atom stereocenters. The van der Waals surface area contributed by atoms with Crippen molar-refractivity contribution in [1.29, 1.82) is 0 Å². The van der Waals surface area contributed by atoms with Gasteiger partial charge in [0.2, 0.25) is 12.4 Å². The minimum atomic E-state index is -2.38. The number of fused-ring (bicyclic) bond motifs is 1.